The molecule has 3 N–H and O–H groups in total. The standard InChI is InChI=1S/C13H13BrN2O2S/c1-8-2-3-9(13(15)16-17)6-11(8)18-7-10-4-5-12(14)19-10/h2-6,17H,7H2,1H3,(H2,15,16). The molecule has 1 aromatic heterocycles. The fraction of sp³-hybridized carbons (Fsp3) is 0.154. The van der Waals surface area contributed by atoms with Crippen LogP contribution < -0.4 is 10.5 Å². The fourth-order valence-corrected chi connectivity index (χ4v) is 2.95. The first kappa shape index (κ1) is 13.9. The molecule has 0 radical (unpaired) electrons. The molecule has 0 aliphatic rings. The second-order valence-electron chi connectivity index (χ2n) is 3.96. The van der Waals surface area contributed by atoms with Crippen molar-refractivity contribution in [1.29, 1.82) is 0 Å². The average Bonchev–Trinajstić information content (AvgIpc) is 2.82. The Kier molecular flexibility index (Phi) is 4.44. The Morgan fingerprint density at radius 2 is 2.21 bits per heavy atom. The van der Waals surface area contributed by atoms with Crippen molar-refractivity contribution in [1.82, 2.24) is 0 Å². The molecule has 0 saturated carbocycles. The van der Waals surface area contributed by atoms with Crippen LogP contribution in [0.2, 0.25) is 0 Å². The van der Waals surface area contributed by atoms with Gasteiger partial charge in [-0.2, -0.15) is 0 Å². The molecule has 100 valence electrons. The number of hydrogen-bond acceptors (Lipinski definition) is 4. The van der Waals surface area contributed by atoms with E-state index in [-0.39, 0.29) is 5.84 Å². The molecular weight excluding hydrogens is 328 g/mol. The number of thiophene rings is 1. The molecule has 2 rings (SSSR count). The minimum atomic E-state index is 0.0729. The van der Waals surface area contributed by atoms with Gasteiger partial charge in [-0.1, -0.05) is 17.3 Å². The Labute approximate surface area is 123 Å². The predicted octanol–water partition coefficient (Wildman–Crippen LogP) is 3.49. The molecule has 0 amide bonds. The summed E-state index contributed by atoms with van der Waals surface area (Å²) in [6, 6.07) is 9.44. The Balaban J connectivity index is 2.15. The highest BCUT2D eigenvalue weighted by atomic mass is 79.9. The van der Waals surface area contributed by atoms with Crippen LogP contribution in [0.25, 0.3) is 0 Å². The summed E-state index contributed by atoms with van der Waals surface area (Å²) in [4.78, 5) is 1.13. The average molecular weight is 341 g/mol. The van der Waals surface area contributed by atoms with Gasteiger partial charge < -0.3 is 15.7 Å². The van der Waals surface area contributed by atoms with Crippen molar-refractivity contribution in [3.63, 3.8) is 0 Å². The number of hydrogen-bond donors (Lipinski definition) is 2. The number of ether oxygens (including phenoxy) is 1. The van der Waals surface area contributed by atoms with Gasteiger partial charge in [0.1, 0.15) is 12.4 Å². The molecule has 0 fully saturated rings. The van der Waals surface area contributed by atoms with E-state index in [4.69, 9.17) is 15.7 Å². The number of aryl methyl sites for hydroxylation is 1. The minimum absolute atomic E-state index is 0.0729. The highest BCUT2D eigenvalue weighted by molar-refractivity contribution is 9.11. The molecule has 0 bridgehead atoms. The molecule has 1 aromatic carbocycles. The normalized spacial score (nSPS) is 11.6. The van der Waals surface area contributed by atoms with Crippen LogP contribution in [0.5, 0.6) is 5.75 Å². The van der Waals surface area contributed by atoms with Crippen molar-refractivity contribution in [3.8, 4) is 5.75 Å². The van der Waals surface area contributed by atoms with E-state index in [0.29, 0.717) is 12.2 Å². The number of nitrogens with two attached hydrogens (primary N) is 1. The van der Waals surface area contributed by atoms with Gasteiger partial charge in [0.15, 0.2) is 5.84 Å². The lowest BCUT2D eigenvalue weighted by Gasteiger charge is -2.09. The van der Waals surface area contributed by atoms with Gasteiger partial charge in [0.2, 0.25) is 0 Å². The minimum Gasteiger partial charge on any atom is -0.488 e. The first-order chi connectivity index (χ1) is 9.10. The maximum absolute atomic E-state index is 8.68. The summed E-state index contributed by atoms with van der Waals surface area (Å²) in [6.07, 6.45) is 0. The van der Waals surface area contributed by atoms with E-state index in [0.717, 1.165) is 20.0 Å². The molecule has 4 nitrogen and oxygen atoms in total. The summed E-state index contributed by atoms with van der Waals surface area (Å²) in [5.74, 6) is 0.803. The molecule has 2 aromatic rings. The number of amidine groups is 1. The van der Waals surface area contributed by atoms with Crippen molar-refractivity contribution in [3.05, 3.63) is 50.1 Å². The summed E-state index contributed by atoms with van der Waals surface area (Å²) < 4.78 is 6.85. The molecule has 0 saturated heterocycles. The smallest absolute Gasteiger partial charge is 0.170 e. The van der Waals surface area contributed by atoms with Gasteiger partial charge in [-0.05, 0) is 46.6 Å². The van der Waals surface area contributed by atoms with Crippen molar-refractivity contribution >= 4 is 33.1 Å². The van der Waals surface area contributed by atoms with E-state index >= 15 is 0 Å². The zero-order valence-corrected chi connectivity index (χ0v) is 12.7. The largest absolute Gasteiger partial charge is 0.488 e. The van der Waals surface area contributed by atoms with Crippen LogP contribution in [0.3, 0.4) is 0 Å². The van der Waals surface area contributed by atoms with Gasteiger partial charge in [-0.25, -0.2) is 0 Å². The second-order valence-corrected chi connectivity index (χ2v) is 6.51. The lowest BCUT2D eigenvalue weighted by atomic mass is 10.1. The molecule has 0 spiro atoms. The molecule has 0 aliphatic heterocycles. The third-order valence-corrected chi connectivity index (χ3v) is 4.19. The van der Waals surface area contributed by atoms with Crippen molar-refractivity contribution < 1.29 is 9.94 Å². The lowest BCUT2D eigenvalue weighted by Crippen LogP contribution is -2.13. The van der Waals surface area contributed by atoms with E-state index < -0.39 is 0 Å². The summed E-state index contributed by atoms with van der Waals surface area (Å²) in [7, 11) is 0. The Morgan fingerprint density at radius 1 is 1.42 bits per heavy atom. The molecule has 0 atom stereocenters. The highest BCUT2D eigenvalue weighted by Gasteiger charge is 2.06. The van der Waals surface area contributed by atoms with Gasteiger partial charge in [0.25, 0.3) is 0 Å². The SMILES string of the molecule is Cc1ccc(/C(N)=N/O)cc1OCc1ccc(Br)s1. The zero-order valence-electron chi connectivity index (χ0n) is 10.3. The van der Waals surface area contributed by atoms with Crippen molar-refractivity contribution in [2.75, 3.05) is 0 Å². The van der Waals surface area contributed by atoms with E-state index in [9.17, 15) is 0 Å². The Morgan fingerprint density at radius 3 is 2.84 bits per heavy atom. The van der Waals surface area contributed by atoms with Gasteiger partial charge in [0.05, 0.1) is 3.79 Å². The zero-order chi connectivity index (χ0) is 13.8. The van der Waals surface area contributed by atoms with E-state index in [1.165, 1.54) is 0 Å². The first-order valence-corrected chi connectivity index (χ1v) is 7.16. The predicted molar refractivity (Wildman–Crippen MR) is 80.0 cm³/mol. The van der Waals surface area contributed by atoms with Crippen LogP contribution in [-0.2, 0) is 6.61 Å². The second kappa shape index (κ2) is 6.08. The van der Waals surface area contributed by atoms with Gasteiger partial charge in [0, 0.05) is 10.4 Å². The quantitative estimate of drug-likeness (QED) is 0.387. The molecule has 0 aliphatic carbocycles. The third-order valence-electron chi connectivity index (χ3n) is 2.59. The number of oxime groups is 1. The summed E-state index contributed by atoms with van der Waals surface area (Å²) in [5.41, 5.74) is 7.20. The van der Waals surface area contributed by atoms with E-state index in [1.54, 1.807) is 23.5 Å². The Bertz CT molecular complexity index is 610. The summed E-state index contributed by atoms with van der Waals surface area (Å²) in [6.45, 7) is 2.45. The Hall–Kier alpha value is -1.53. The maximum Gasteiger partial charge on any atom is 0.170 e. The van der Waals surface area contributed by atoms with Crippen LogP contribution in [0.4, 0.5) is 0 Å². The topological polar surface area (TPSA) is 67.8 Å². The fourth-order valence-electron chi connectivity index (χ4n) is 1.55. The van der Waals surface area contributed by atoms with Crippen molar-refractivity contribution in [2.24, 2.45) is 10.9 Å². The summed E-state index contributed by atoms with van der Waals surface area (Å²) >= 11 is 5.05. The van der Waals surface area contributed by atoms with Gasteiger partial charge in [-0.15, -0.1) is 11.3 Å². The van der Waals surface area contributed by atoms with Crippen LogP contribution >= 0.6 is 27.3 Å². The third kappa shape index (κ3) is 3.48. The molecule has 19 heavy (non-hydrogen) atoms. The monoisotopic (exact) mass is 340 g/mol. The molecular formula is C13H13BrN2O2S. The van der Waals surface area contributed by atoms with Crippen molar-refractivity contribution in [2.45, 2.75) is 13.5 Å². The van der Waals surface area contributed by atoms with Crippen LogP contribution in [0.15, 0.2) is 39.3 Å². The van der Waals surface area contributed by atoms with E-state index in [1.807, 2.05) is 25.1 Å². The first-order valence-electron chi connectivity index (χ1n) is 5.55. The van der Waals surface area contributed by atoms with Crippen LogP contribution in [0.1, 0.15) is 16.0 Å². The summed E-state index contributed by atoms with van der Waals surface area (Å²) in [5, 5.41) is 11.7. The molecule has 0 unspecified atom stereocenters. The molecule has 1 heterocycles. The number of nitrogens with zero attached hydrogens (tertiary/aromatic N) is 1. The maximum atomic E-state index is 8.68. The lowest BCUT2D eigenvalue weighted by molar-refractivity contribution is 0.307. The van der Waals surface area contributed by atoms with Crippen LogP contribution in [0, 0.1) is 6.92 Å². The number of rotatable bonds is 4. The number of halogens is 1. The van der Waals surface area contributed by atoms with Crippen LogP contribution in [-0.4, -0.2) is 11.0 Å². The highest BCUT2D eigenvalue weighted by Crippen LogP contribution is 2.25. The molecule has 6 heteroatoms. The van der Waals surface area contributed by atoms with Gasteiger partial charge >= 0.3 is 0 Å². The number of benzene rings is 1. The van der Waals surface area contributed by atoms with E-state index in [2.05, 4.69) is 21.1 Å². The van der Waals surface area contributed by atoms with Gasteiger partial charge in [-0.3, -0.25) is 0 Å².